The Hall–Kier alpha value is -4.51. The van der Waals surface area contributed by atoms with Crippen LogP contribution >= 0.6 is 11.8 Å². The fourth-order valence-electron chi connectivity index (χ4n) is 5.40. The second-order valence-corrected chi connectivity index (χ2v) is 11.6. The lowest BCUT2D eigenvalue weighted by atomic mass is 9.94. The largest absolute Gasteiger partial charge is 0.504 e. The number of rotatable bonds is 10. The highest BCUT2D eigenvalue weighted by Crippen LogP contribution is 2.37. The predicted octanol–water partition coefficient (Wildman–Crippen LogP) is 5.44. The summed E-state index contributed by atoms with van der Waals surface area (Å²) in [6.45, 7) is 1.71. The number of thioether (sulfide) groups is 1. The van der Waals surface area contributed by atoms with Crippen molar-refractivity contribution in [2.24, 2.45) is 0 Å². The molecule has 1 aromatic heterocycles. The summed E-state index contributed by atoms with van der Waals surface area (Å²) in [5, 5.41) is 31.6. The number of carbonyl (C=O) groups excluding carboxylic acids is 3. The molecule has 1 saturated carbocycles. The standard InChI is InChI=1S/C32H34N4O6S/c1-20-16-28(35-42-20)34-29(39)18-43-19-30(40)36(25-13-7-9-21-8-5-6-12-24(21)25)31(22-14-15-26(37)27(38)17-22)32(41)33-23-10-3-2-4-11-23/h5-9,12-17,23,31,37-38H,2-4,10-11,18-19H2,1H3,(H,33,41)(H,34,35,39). The van der Waals surface area contributed by atoms with Gasteiger partial charge in [-0.2, -0.15) is 0 Å². The molecule has 1 aliphatic carbocycles. The number of aryl methyl sites for hydroxylation is 1. The maximum Gasteiger partial charge on any atom is 0.248 e. The van der Waals surface area contributed by atoms with Gasteiger partial charge in [0.15, 0.2) is 17.3 Å². The van der Waals surface area contributed by atoms with Gasteiger partial charge in [-0.05, 0) is 48.9 Å². The summed E-state index contributed by atoms with van der Waals surface area (Å²) in [6, 6.07) is 17.7. The number of benzene rings is 3. The molecule has 0 spiro atoms. The fraction of sp³-hybridized carbons (Fsp3) is 0.312. The van der Waals surface area contributed by atoms with Gasteiger partial charge < -0.3 is 25.4 Å². The monoisotopic (exact) mass is 602 g/mol. The minimum atomic E-state index is -1.15. The minimum absolute atomic E-state index is 0.0278. The summed E-state index contributed by atoms with van der Waals surface area (Å²) in [4.78, 5) is 42.2. The van der Waals surface area contributed by atoms with Crippen LogP contribution in [-0.2, 0) is 14.4 Å². The number of aromatic nitrogens is 1. The lowest BCUT2D eigenvalue weighted by Crippen LogP contribution is -2.48. The van der Waals surface area contributed by atoms with Gasteiger partial charge in [0, 0.05) is 17.5 Å². The molecule has 4 N–H and O–H groups in total. The van der Waals surface area contributed by atoms with E-state index < -0.39 is 17.7 Å². The number of phenols is 2. The first-order valence-corrected chi connectivity index (χ1v) is 15.4. The molecule has 43 heavy (non-hydrogen) atoms. The molecule has 1 aliphatic rings. The molecule has 11 heteroatoms. The van der Waals surface area contributed by atoms with Gasteiger partial charge in [0.2, 0.25) is 17.7 Å². The average molecular weight is 603 g/mol. The highest BCUT2D eigenvalue weighted by atomic mass is 32.2. The molecule has 1 fully saturated rings. The zero-order valence-electron chi connectivity index (χ0n) is 23.8. The number of fused-ring (bicyclic) bond motifs is 1. The molecule has 0 aliphatic heterocycles. The predicted molar refractivity (Wildman–Crippen MR) is 166 cm³/mol. The van der Waals surface area contributed by atoms with Crippen molar-refractivity contribution in [3.05, 3.63) is 78.1 Å². The Morgan fingerprint density at radius 1 is 0.977 bits per heavy atom. The number of nitrogens with zero attached hydrogens (tertiary/aromatic N) is 2. The van der Waals surface area contributed by atoms with Crippen LogP contribution in [0.1, 0.15) is 49.5 Å². The average Bonchev–Trinajstić information content (AvgIpc) is 3.41. The number of hydrogen-bond donors (Lipinski definition) is 4. The minimum Gasteiger partial charge on any atom is -0.504 e. The summed E-state index contributed by atoms with van der Waals surface area (Å²) in [6.07, 6.45) is 4.82. The van der Waals surface area contributed by atoms with E-state index in [0.29, 0.717) is 22.8 Å². The van der Waals surface area contributed by atoms with E-state index in [9.17, 15) is 24.6 Å². The van der Waals surface area contributed by atoms with E-state index >= 15 is 0 Å². The molecule has 4 aromatic rings. The van der Waals surface area contributed by atoms with Crippen molar-refractivity contribution in [1.82, 2.24) is 10.5 Å². The topological polar surface area (TPSA) is 145 Å². The third-order valence-electron chi connectivity index (χ3n) is 7.42. The summed E-state index contributed by atoms with van der Waals surface area (Å²) in [5.74, 6) is -1.15. The Labute approximate surface area is 253 Å². The smallest absolute Gasteiger partial charge is 0.248 e. The van der Waals surface area contributed by atoms with Crippen LogP contribution in [0.4, 0.5) is 11.5 Å². The maximum absolute atomic E-state index is 14.1. The highest BCUT2D eigenvalue weighted by Gasteiger charge is 2.35. The molecule has 1 unspecified atom stereocenters. The second kappa shape index (κ2) is 13.6. The van der Waals surface area contributed by atoms with E-state index in [1.807, 2.05) is 36.4 Å². The Bertz CT molecular complexity index is 1610. The second-order valence-electron chi connectivity index (χ2n) is 10.6. The summed E-state index contributed by atoms with van der Waals surface area (Å²) in [5.41, 5.74) is 0.858. The Kier molecular flexibility index (Phi) is 9.51. The lowest BCUT2D eigenvalue weighted by molar-refractivity contribution is -0.126. The van der Waals surface area contributed by atoms with Gasteiger partial charge in [0.05, 0.1) is 17.2 Å². The first-order valence-electron chi connectivity index (χ1n) is 14.2. The molecule has 3 aromatic carbocycles. The maximum atomic E-state index is 14.1. The quantitative estimate of drug-likeness (QED) is 0.176. The van der Waals surface area contributed by atoms with Crippen LogP contribution in [0.25, 0.3) is 10.8 Å². The summed E-state index contributed by atoms with van der Waals surface area (Å²) < 4.78 is 4.98. The number of nitrogens with one attached hydrogen (secondary N) is 2. The van der Waals surface area contributed by atoms with Crippen LogP contribution in [-0.4, -0.2) is 50.6 Å². The lowest BCUT2D eigenvalue weighted by Gasteiger charge is -2.34. The Balaban J connectivity index is 1.48. The molecule has 0 bridgehead atoms. The number of amides is 3. The fourth-order valence-corrected chi connectivity index (χ4v) is 6.07. The van der Waals surface area contributed by atoms with E-state index in [-0.39, 0.29) is 35.1 Å². The molecule has 0 radical (unpaired) electrons. The zero-order valence-corrected chi connectivity index (χ0v) is 24.6. The van der Waals surface area contributed by atoms with E-state index in [0.717, 1.165) is 54.6 Å². The summed E-state index contributed by atoms with van der Waals surface area (Å²) >= 11 is 1.11. The first kappa shape index (κ1) is 30.0. The van der Waals surface area contributed by atoms with Gasteiger partial charge in [-0.25, -0.2) is 0 Å². The van der Waals surface area contributed by atoms with Crippen LogP contribution in [0, 0.1) is 6.92 Å². The van der Waals surface area contributed by atoms with Crippen molar-refractivity contribution in [3.8, 4) is 11.5 Å². The molecule has 10 nitrogen and oxygen atoms in total. The first-order chi connectivity index (χ1) is 20.8. The molecular formula is C32H34N4O6S. The van der Waals surface area contributed by atoms with Crippen molar-refractivity contribution >= 4 is 51.8 Å². The van der Waals surface area contributed by atoms with Crippen LogP contribution in [0.2, 0.25) is 0 Å². The van der Waals surface area contributed by atoms with Crippen LogP contribution in [0.15, 0.2) is 71.3 Å². The van der Waals surface area contributed by atoms with Crippen LogP contribution < -0.4 is 15.5 Å². The van der Waals surface area contributed by atoms with Gasteiger partial charge in [-0.1, -0.05) is 66.9 Å². The number of carbonyl (C=O) groups is 3. The molecule has 1 heterocycles. The third-order valence-corrected chi connectivity index (χ3v) is 8.34. The number of phenolic OH excluding ortho intramolecular Hbond substituents is 2. The van der Waals surface area contributed by atoms with Crippen molar-refractivity contribution in [2.45, 2.75) is 51.1 Å². The Morgan fingerprint density at radius 2 is 1.74 bits per heavy atom. The van der Waals surface area contributed by atoms with Crippen molar-refractivity contribution < 1.29 is 29.1 Å². The molecule has 5 rings (SSSR count). The van der Waals surface area contributed by atoms with E-state index in [2.05, 4.69) is 15.8 Å². The highest BCUT2D eigenvalue weighted by molar-refractivity contribution is 8.00. The van der Waals surface area contributed by atoms with Gasteiger partial charge in [-0.3, -0.25) is 19.3 Å². The van der Waals surface area contributed by atoms with E-state index in [4.69, 9.17) is 4.52 Å². The van der Waals surface area contributed by atoms with E-state index in [1.165, 1.54) is 23.1 Å². The van der Waals surface area contributed by atoms with Crippen LogP contribution in [0.5, 0.6) is 11.5 Å². The normalized spacial score (nSPS) is 14.3. The molecular weight excluding hydrogens is 568 g/mol. The number of aromatic hydroxyl groups is 2. The van der Waals surface area contributed by atoms with Crippen LogP contribution in [0.3, 0.4) is 0 Å². The summed E-state index contributed by atoms with van der Waals surface area (Å²) in [7, 11) is 0. The molecule has 224 valence electrons. The van der Waals surface area contributed by atoms with E-state index in [1.54, 1.807) is 19.1 Å². The molecule has 0 saturated heterocycles. The third kappa shape index (κ3) is 7.29. The van der Waals surface area contributed by atoms with Gasteiger partial charge in [0.25, 0.3) is 0 Å². The number of anilines is 2. The molecule has 1 atom stereocenters. The van der Waals surface area contributed by atoms with Crippen molar-refractivity contribution in [2.75, 3.05) is 21.7 Å². The van der Waals surface area contributed by atoms with Gasteiger partial charge in [-0.15, -0.1) is 11.8 Å². The number of hydrogen-bond acceptors (Lipinski definition) is 8. The van der Waals surface area contributed by atoms with Crippen molar-refractivity contribution in [1.29, 1.82) is 0 Å². The van der Waals surface area contributed by atoms with Gasteiger partial charge >= 0.3 is 0 Å². The molecule has 3 amide bonds. The zero-order chi connectivity index (χ0) is 30.3. The SMILES string of the molecule is Cc1cc(NC(=O)CSCC(=O)N(c2cccc3ccccc23)C(C(=O)NC2CCCCC2)c2ccc(O)c(O)c2)no1. The Morgan fingerprint density at radius 3 is 2.49 bits per heavy atom. The van der Waals surface area contributed by atoms with Crippen molar-refractivity contribution in [3.63, 3.8) is 0 Å². The van der Waals surface area contributed by atoms with Gasteiger partial charge in [0.1, 0.15) is 11.8 Å².